The van der Waals surface area contributed by atoms with Crippen molar-refractivity contribution in [3.05, 3.63) is 30.5 Å². The van der Waals surface area contributed by atoms with E-state index >= 15 is 0 Å². The van der Waals surface area contributed by atoms with E-state index < -0.39 is 0 Å². The highest BCUT2D eigenvalue weighted by molar-refractivity contribution is 5.90. The molecule has 20 heavy (non-hydrogen) atoms. The van der Waals surface area contributed by atoms with E-state index in [1.807, 2.05) is 18.3 Å². The smallest absolute Gasteiger partial charge is 0.156 e. The zero-order valence-electron chi connectivity index (χ0n) is 12.0. The Kier molecular flexibility index (Phi) is 4.11. The lowest BCUT2D eigenvalue weighted by molar-refractivity contribution is 0.215. The van der Waals surface area contributed by atoms with E-state index in [-0.39, 0.29) is 0 Å². The summed E-state index contributed by atoms with van der Waals surface area (Å²) in [4.78, 5) is 2.42. The summed E-state index contributed by atoms with van der Waals surface area (Å²) in [5.74, 6) is 1.76. The maximum absolute atomic E-state index is 4.23. The summed E-state index contributed by atoms with van der Waals surface area (Å²) in [5.41, 5.74) is 0. The minimum absolute atomic E-state index is 0.849. The Morgan fingerprint density at radius 3 is 2.90 bits per heavy atom. The van der Waals surface area contributed by atoms with Crippen molar-refractivity contribution in [2.24, 2.45) is 5.92 Å². The van der Waals surface area contributed by atoms with Crippen molar-refractivity contribution in [3.63, 3.8) is 0 Å². The average molecular weight is 270 g/mol. The predicted octanol–water partition coefficient (Wildman–Crippen LogP) is 2.77. The molecule has 0 spiro atoms. The standard InChI is InChI=1S/C16H22N4/c1-20-10-7-13(8-11-20)6-9-17-16-15-5-3-2-4-14(15)12-18-19-16/h2-5,12-13H,6-11H2,1H3,(H,17,19). The van der Waals surface area contributed by atoms with Crippen LogP contribution in [-0.2, 0) is 0 Å². The second-order valence-electron chi connectivity index (χ2n) is 5.74. The molecule has 0 bridgehead atoms. The average Bonchev–Trinajstić information content (AvgIpc) is 2.49. The third-order valence-corrected chi connectivity index (χ3v) is 4.25. The molecule has 1 aliphatic rings. The number of anilines is 1. The Balaban J connectivity index is 1.57. The number of nitrogens with zero attached hydrogens (tertiary/aromatic N) is 3. The Bertz CT molecular complexity index is 556. The number of benzene rings is 1. The zero-order valence-corrected chi connectivity index (χ0v) is 12.0. The lowest BCUT2D eigenvalue weighted by atomic mass is 9.94. The van der Waals surface area contributed by atoms with Crippen molar-refractivity contribution in [1.29, 1.82) is 0 Å². The SMILES string of the molecule is CN1CCC(CCNc2nncc3ccccc23)CC1. The van der Waals surface area contributed by atoms with E-state index in [2.05, 4.69) is 39.6 Å². The van der Waals surface area contributed by atoms with Crippen LogP contribution in [0.4, 0.5) is 5.82 Å². The van der Waals surface area contributed by atoms with Gasteiger partial charge in [0.15, 0.2) is 5.82 Å². The number of hydrogen-bond acceptors (Lipinski definition) is 4. The Hall–Kier alpha value is -1.68. The first-order chi connectivity index (χ1) is 9.83. The van der Waals surface area contributed by atoms with Gasteiger partial charge in [0, 0.05) is 17.3 Å². The third kappa shape index (κ3) is 3.07. The minimum Gasteiger partial charge on any atom is -0.368 e. The van der Waals surface area contributed by atoms with Crippen molar-refractivity contribution >= 4 is 16.6 Å². The predicted molar refractivity (Wildman–Crippen MR) is 82.9 cm³/mol. The number of piperidine rings is 1. The number of fused-ring (bicyclic) bond motifs is 1. The zero-order chi connectivity index (χ0) is 13.8. The van der Waals surface area contributed by atoms with Crippen molar-refractivity contribution in [2.45, 2.75) is 19.3 Å². The molecule has 2 heterocycles. The van der Waals surface area contributed by atoms with E-state index in [1.54, 1.807) is 0 Å². The first-order valence-electron chi connectivity index (χ1n) is 7.46. The first-order valence-corrected chi connectivity index (χ1v) is 7.46. The summed E-state index contributed by atoms with van der Waals surface area (Å²) in [5, 5.41) is 14.1. The summed E-state index contributed by atoms with van der Waals surface area (Å²) in [6.07, 6.45) is 5.68. The molecule has 0 unspecified atom stereocenters. The Labute approximate surface area is 120 Å². The molecule has 106 valence electrons. The van der Waals surface area contributed by atoms with Gasteiger partial charge in [-0.25, -0.2) is 0 Å². The highest BCUT2D eigenvalue weighted by atomic mass is 15.2. The van der Waals surface area contributed by atoms with Gasteiger partial charge in [-0.1, -0.05) is 24.3 Å². The molecule has 0 saturated carbocycles. The molecule has 1 N–H and O–H groups in total. The molecule has 1 aromatic carbocycles. The fourth-order valence-corrected chi connectivity index (χ4v) is 2.90. The van der Waals surface area contributed by atoms with Crippen molar-refractivity contribution in [2.75, 3.05) is 32.0 Å². The second kappa shape index (κ2) is 6.18. The molecule has 0 aliphatic carbocycles. The molecule has 1 aromatic heterocycles. The van der Waals surface area contributed by atoms with Gasteiger partial charge in [-0.2, -0.15) is 5.10 Å². The molecule has 4 nitrogen and oxygen atoms in total. The van der Waals surface area contributed by atoms with Crippen LogP contribution in [0.15, 0.2) is 30.5 Å². The van der Waals surface area contributed by atoms with Gasteiger partial charge in [0.2, 0.25) is 0 Å². The van der Waals surface area contributed by atoms with Crippen molar-refractivity contribution in [3.8, 4) is 0 Å². The molecule has 1 saturated heterocycles. The van der Waals surface area contributed by atoms with Crippen LogP contribution in [0, 0.1) is 5.92 Å². The molecular formula is C16H22N4. The number of nitrogens with one attached hydrogen (secondary N) is 1. The molecule has 1 aliphatic heterocycles. The summed E-state index contributed by atoms with van der Waals surface area (Å²) in [6.45, 7) is 3.45. The van der Waals surface area contributed by atoms with Crippen molar-refractivity contribution < 1.29 is 0 Å². The maximum atomic E-state index is 4.23. The lowest BCUT2D eigenvalue weighted by Gasteiger charge is -2.28. The van der Waals surface area contributed by atoms with Crippen LogP contribution in [0.1, 0.15) is 19.3 Å². The van der Waals surface area contributed by atoms with Gasteiger partial charge >= 0.3 is 0 Å². The first kappa shape index (κ1) is 13.3. The molecule has 4 heteroatoms. The summed E-state index contributed by atoms with van der Waals surface area (Å²) in [7, 11) is 2.21. The molecule has 3 rings (SSSR count). The summed E-state index contributed by atoms with van der Waals surface area (Å²) < 4.78 is 0. The highest BCUT2D eigenvalue weighted by Crippen LogP contribution is 2.22. The van der Waals surface area contributed by atoms with Gasteiger partial charge in [-0.15, -0.1) is 5.10 Å². The van der Waals surface area contributed by atoms with Gasteiger partial charge in [-0.05, 0) is 45.3 Å². The fraction of sp³-hybridized carbons (Fsp3) is 0.500. The number of aromatic nitrogens is 2. The van der Waals surface area contributed by atoms with Crippen LogP contribution in [0.2, 0.25) is 0 Å². The quantitative estimate of drug-likeness (QED) is 0.927. The van der Waals surface area contributed by atoms with Gasteiger partial charge in [0.25, 0.3) is 0 Å². The molecule has 0 atom stereocenters. The van der Waals surface area contributed by atoms with E-state index in [0.29, 0.717) is 0 Å². The van der Waals surface area contributed by atoms with Crippen LogP contribution in [0.5, 0.6) is 0 Å². The second-order valence-corrected chi connectivity index (χ2v) is 5.74. The van der Waals surface area contributed by atoms with Gasteiger partial charge < -0.3 is 10.2 Å². The fourth-order valence-electron chi connectivity index (χ4n) is 2.90. The normalized spacial score (nSPS) is 17.4. The van der Waals surface area contributed by atoms with E-state index in [1.165, 1.54) is 32.4 Å². The Morgan fingerprint density at radius 1 is 1.25 bits per heavy atom. The largest absolute Gasteiger partial charge is 0.368 e. The number of hydrogen-bond donors (Lipinski definition) is 1. The van der Waals surface area contributed by atoms with Gasteiger partial charge in [0.05, 0.1) is 6.20 Å². The van der Waals surface area contributed by atoms with Gasteiger partial charge in [-0.3, -0.25) is 0 Å². The number of rotatable bonds is 4. The molecule has 0 radical (unpaired) electrons. The summed E-state index contributed by atoms with van der Waals surface area (Å²) in [6, 6.07) is 8.26. The topological polar surface area (TPSA) is 41.0 Å². The Morgan fingerprint density at radius 2 is 2.05 bits per heavy atom. The number of likely N-dealkylation sites (tertiary alicyclic amines) is 1. The van der Waals surface area contributed by atoms with Crippen LogP contribution < -0.4 is 5.32 Å². The van der Waals surface area contributed by atoms with Crippen molar-refractivity contribution in [1.82, 2.24) is 15.1 Å². The van der Waals surface area contributed by atoms with Crippen LogP contribution in [-0.4, -0.2) is 41.8 Å². The van der Waals surface area contributed by atoms with Gasteiger partial charge in [0.1, 0.15) is 0 Å². The summed E-state index contributed by atoms with van der Waals surface area (Å²) >= 11 is 0. The van der Waals surface area contributed by atoms with E-state index in [4.69, 9.17) is 0 Å². The maximum Gasteiger partial charge on any atom is 0.156 e. The molecule has 2 aromatic rings. The molecular weight excluding hydrogens is 248 g/mol. The molecule has 1 fully saturated rings. The van der Waals surface area contributed by atoms with Crippen LogP contribution in [0.25, 0.3) is 10.8 Å². The lowest BCUT2D eigenvalue weighted by Crippen LogP contribution is -2.30. The minimum atomic E-state index is 0.849. The van der Waals surface area contributed by atoms with E-state index in [0.717, 1.165) is 29.1 Å². The van der Waals surface area contributed by atoms with E-state index in [9.17, 15) is 0 Å². The molecule has 0 amide bonds. The highest BCUT2D eigenvalue weighted by Gasteiger charge is 2.16. The monoisotopic (exact) mass is 270 g/mol. The van der Waals surface area contributed by atoms with Crippen LogP contribution >= 0.6 is 0 Å². The third-order valence-electron chi connectivity index (χ3n) is 4.25. The van der Waals surface area contributed by atoms with Crippen LogP contribution in [0.3, 0.4) is 0 Å².